The number of hydrogen-bond acceptors (Lipinski definition) is 2. The number of benzene rings is 2. The Balaban J connectivity index is 1.61. The molecule has 0 amide bonds. The predicted molar refractivity (Wildman–Crippen MR) is 91.3 cm³/mol. The molecule has 0 radical (unpaired) electrons. The van der Waals surface area contributed by atoms with Gasteiger partial charge in [0.2, 0.25) is 0 Å². The highest BCUT2D eigenvalue weighted by atomic mass is 35.5. The number of nitrogens with zero attached hydrogens (tertiary/aromatic N) is 1. The Hall–Kier alpha value is -1.90. The van der Waals surface area contributed by atoms with Gasteiger partial charge in [0.15, 0.2) is 5.78 Å². The third kappa shape index (κ3) is 3.65. The Labute approximate surface area is 136 Å². The Bertz CT molecular complexity index is 676. The van der Waals surface area contributed by atoms with Gasteiger partial charge in [-0.3, -0.25) is 9.69 Å². The summed E-state index contributed by atoms with van der Waals surface area (Å²) in [6.45, 7) is 2.21. The van der Waals surface area contributed by atoms with Gasteiger partial charge in [0, 0.05) is 23.7 Å². The second-order valence-corrected chi connectivity index (χ2v) is 5.95. The highest BCUT2D eigenvalue weighted by molar-refractivity contribution is 6.30. The predicted octanol–water partition coefficient (Wildman–Crippen LogP) is 4.31. The fraction of sp³-hybridized carbons (Fsp3) is 0.211. The second kappa shape index (κ2) is 6.91. The van der Waals surface area contributed by atoms with E-state index in [9.17, 15) is 4.79 Å². The molecule has 1 aliphatic heterocycles. The van der Waals surface area contributed by atoms with Crippen molar-refractivity contribution >= 4 is 23.0 Å². The molecule has 0 saturated carbocycles. The monoisotopic (exact) mass is 311 g/mol. The van der Waals surface area contributed by atoms with Crippen LogP contribution in [0.5, 0.6) is 0 Å². The van der Waals surface area contributed by atoms with E-state index in [-0.39, 0.29) is 5.78 Å². The number of hydrogen-bond donors (Lipinski definition) is 0. The zero-order valence-electron chi connectivity index (χ0n) is 12.3. The fourth-order valence-corrected chi connectivity index (χ4v) is 2.83. The molecule has 2 aromatic carbocycles. The van der Waals surface area contributed by atoms with Crippen molar-refractivity contribution in [2.45, 2.75) is 6.42 Å². The van der Waals surface area contributed by atoms with Crippen molar-refractivity contribution in [2.24, 2.45) is 0 Å². The van der Waals surface area contributed by atoms with Crippen LogP contribution in [0.15, 0.2) is 60.7 Å². The van der Waals surface area contributed by atoms with Gasteiger partial charge in [0.25, 0.3) is 0 Å². The highest BCUT2D eigenvalue weighted by Crippen LogP contribution is 2.23. The van der Waals surface area contributed by atoms with Crippen molar-refractivity contribution in [3.05, 3.63) is 76.8 Å². The zero-order valence-corrected chi connectivity index (χ0v) is 13.1. The lowest BCUT2D eigenvalue weighted by Crippen LogP contribution is -2.33. The average molecular weight is 312 g/mol. The van der Waals surface area contributed by atoms with Crippen molar-refractivity contribution in [3.8, 4) is 0 Å². The van der Waals surface area contributed by atoms with Crippen LogP contribution in [0, 0.1) is 0 Å². The maximum Gasteiger partial charge on any atom is 0.176 e. The lowest BCUT2D eigenvalue weighted by atomic mass is 9.99. The van der Waals surface area contributed by atoms with Crippen LogP contribution in [-0.2, 0) is 0 Å². The summed E-state index contributed by atoms with van der Waals surface area (Å²) in [5, 5.41) is 0.759. The summed E-state index contributed by atoms with van der Waals surface area (Å²) in [7, 11) is 0. The molecule has 0 aliphatic carbocycles. The molecule has 1 heterocycles. The molecule has 112 valence electrons. The standard InChI is InChI=1S/C19H18ClNO/c20-18-8-6-15(7-9-18)16-10-12-21(13-11-16)14-19(22)17-4-2-1-3-5-17/h1-10H,11-14H2. The first-order chi connectivity index (χ1) is 10.7. The van der Waals surface area contributed by atoms with Gasteiger partial charge < -0.3 is 0 Å². The molecule has 0 aromatic heterocycles. The topological polar surface area (TPSA) is 20.3 Å². The summed E-state index contributed by atoms with van der Waals surface area (Å²) in [6.07, 6.45) is 3.18. The number of ketones is 1. The number of carbonyl (C=O) groups is 1. The van der Waals surface area contributed by atoms with E-state index < -0.39 is 0 Å². The lowest BCUT2D eigenvalue weighted by molar-refractivity contribution is 0.0937. The minimum Gasteiger partial charge on any atom is -0.293 e. The van der Waals surface area contributed by atoms with Gasteiger partial charge in [0.05, 0.1) is 6.54 Å². The minimum atomic E-state index is 0.184. The van der Waals surface area contributed by atoms with Crippen molar-refractivity contribution in [1.82, 2.24) is 4.90 Å². The molecule has 3 heteroatoms. The normalized spacial score (nSPS) is 15.4. The summed E-state index contributed by atoms with van der Waals surface area (Å²) in [5.41, 5.74) is 3.34. The number of Topliss-reactive ketones (excluding diaryl/α,β-unsaturated/α-hetero) is 1. The summed E-state index contributed by atoms with van der Waals surface area (Å²) in [4.78, 5) is 14.4. The lowest BCUT2D eigenvalue weighted by Gasteiger charge is -2.25. The first-order valence-electron chi connectivity index (χ1n) is 7.48. The van der Waals surface area contributed by atoms with E-state index in [1.165, 1.54) is 11.1 Å². The summed E-state index contributed by atoms with van der Waals surface area (Å²) < 4.78 is 0. The van der Waals surface area contributed by atoms with E-state index >= 15 is 0 Å². The minimum absolute atomic E-state index is 0.184. The highest BCUT2D eigenvalue weighted by Gasteiger charge is 2.16. The van der Waals surface area contributed by atoms with Crippen molar-refractivity contribution in [1.29, 1.82) is 0 Å². The molecule has 3 rings (SSSR count). The van der Waals surface area contributed by atoms with Gasteiger partial charge in [-0.05, 0) is 29.7 Å². The molecule has 0 fully saturated rings. The van der Waals surface area contributed by atoms with Gasteiger partial charge in [-0.15, -0.1) is 0 Å². The van der Waals surface area contributed by atoms with E-state index in [2.05, 4.69) is 23.1 Å². The number of halogens is 1. The SMILES string of the molecule is O=C(CN1CC=C(c2ccc(Cl)cc2)CC1)c1ccccc1. The van der Waals surface area contributed by atoms with E-state index in [1.54, 1.807) is 0 Å². The van der Waals surface area contributed by atoms with Gasteiger partial charge in [-0.2, -0.15) is 0 Å². The summed E-state index contributed by atoms with van der Waals surface area (Å²) >= 11 is 5.92. The molecule has 22 heavy (non-hydrogen) atoms. The van der Waals surface area contributed by atoms with Crippen LogP contribution in [0.2, 0.25) is 5.02 Å². The molecular formula is C19H18ClNO. The Morgan fingerprint density at radius 3 is 2.41 bits per heavy atom. The van der Waals surface area contributed by atoms with E-state index in [1.807, 2.05) is 42.5 Å². The zero-order chi connectivity index (χ0) is 15.4. The Kier molecular flexibility index (Phi) is 4.71. The van der Waals surface area contributed by atoms with Gasteiger partial charge in [0.1, 0.15) is 0 Å². The second-order valence-electron chi connectivity index (χ2n) is 5.51. The van der Waals surface area contributed by atoms with E-state index in [0.717, 1.165) is 30.1 Å². The third-order valence-electron chi connectivity index (χ3n) is 3.97. The fourth-order valence-electron chi connectivity index (χ4n) is 2.70. The van der Waals surface area contributed by atoms with Crippen molar-refractivity contribution in [2.75, 3.05) is 19.6 Å². The van der Waals surface area contributed by atoms with Crippen LogP contribution in [0.1, 0.15) is 22.3 Å². The molecular weight excluding hydrogens is 294 g/mol. The van der Waals surface area contributed by atoms with Crippen molar-refractivity contribution in [3.63, 3.8) is 0 Å². The molecule has 0 N–H and O–H groups in total. The van der Waals surface area contributed by atoms with Crippen molar-refractivity contribution < 1.29 is 4.79 Å². The number of carbonyl (C=O) groups excluding carboxylic acids is 1. The maximum absolute atomic E-state index is 12.2. The first kappa shape index (κ1) is 15.0. The molecule has 1 aliphatic rings. The van der Waals surface area contributed by atoms with E-state index in [4.69, 9.17) is 11.6 Å². The van der Waals surface area contributed by atoms with E-state index in [0.29, 0.717) is 6.54 Å². The summed E-state index contributed by atoms with van der Waals surface area (Å²) in [5.74, 6) is 0.184. The van der Waals surface area contributed by atoms with Crippen LogP contribution in [0.3, 0.4) is 0 Å². The molecule has 0 spiro atoms. The molecule has 0 atom stereocenters. The first-order valence-corrected chi connectivity index (χ1v) is 7.86. The van der Waals surface area contributed by atoms with Gasteiger partial charge in [-0.25, -0.2) is 0 Å². The van der Waals surface area contributed by atoms with Gasteiger partial charge >= 0.3 is 0 Å². The van der Waals surface area contributed by atoms with Crippen LogP contribution in [0.4, 0.5) is 0 Å². The molecule has 2 aromatic rings. The average Bonchev–Trinajstić information content (AvgIpc) is 2.57. The number of rotatable bonds is 4. The third-order valence-corrected chi connectivity index (χ3v) is 4.22. The molecule has 0 unspecified atom stereocenters. The smallest absolute Gasteiger partial charge is 0.176 e. The Morgan fingerprint density at radius 1 is 1.05 bits per heavy atom. The van der Waals surface area contributed by atoms with Crippen LogP contribution in [0.25, 0.3) is 5.57 Å². The van der Waals surface area contributed by atoms with Crippen LogP contribution in [-0.4, -0.2) is 30.3 Å². The van der Waals surface area contributed by atoms with Crippen LogP contribution < -0.4 is 0 Å². The summed E-state index contributed by atoms with van der Waals surface area (Å²) in [6, 6.07) is 17.4. The Morgan fingerprint density at radius 2 is 1.77 bits per heavy atom. The van der Waals surface area contributed by atoms with Gasteiger partial charge in [-0.1, -0.05) is 60.1 Å². The quantitative estimate of drug-likeness (QED) is 0.784. The van der Waals surface area contributed by atoms with Crippen LogP contribution >= 0.6 is 11.6 Å². The molecule has 0 bridgehead atoms. The molecule has 2 nitrogen and oxygen atoms in total. The molecule has 0 saturated heterocycles. The largest absolute Gasteiger partial charge is 0.293 e. The maximum atomic E-state index is 12.2.